The first-order chi connectivity index (χ1) is 7.16. The minimum absolute atomic E-state index is 0.914. The maximum atomic E-state index is 4.41. The molecule has 0 radical (unpaired) electrons. The quantitative estimate of drug-likeness (QED) is 0.914. The Morgan fingerprint density at radius 2 is 2.20 bits per heavy atom. The molecular weight excluding hydrogens is 274 g/mol. The lowest BCUT2D eigenvalue weighted by Crippen LogP contribution is -1.90. The lowest BCUT2D eigenvalue weighted by atomic mass is 10.4. The van der Waals surface area contributed by atoms with Crippen molar-refractivity contribution in [2.75, 3.05) is 5.32 Å². The van der Waals surface area contributed by atoms with Crippen LogP contribution in [-0.2, 0) is 0 Å². The first-order valence-electron chi connectivity index (χ1n) is 4.47. The molecule has 0 fully saturated rings. The SMILES string of the molecule is Cc1nc(Nc2ccncc2Br)sc1C. The van der Waals surface area contributed by atoms with Gasteiger partial charge >= 0.3 is 0 Å². The van der Waals surface area contributed by atoms with Gasteiger partial charge in [0.1, 0.15) is 0 Å². The molecule has 15 heavy (non-hydrogen) atoms. The molecule has 0 aliphatic rings. The number of halogens is 1. The molecule has 0 bridgehead atoms. The summed E-state index contributed by atoms with van der Waals surface area (Å²) in [6.07, 6.45) is 3.51. The number of aryl methyl sites for hydroxylation is 2. The number of anilines is 2. The van der Waals surface area contributed by atoms with Crippen molar-refractivity contribution in [2.45, 2.75) is 13.8 Å². The number of hydrogen-bond donors (Lipinski definition) is 1. The van der Waals surface area contributed by atoms with Crippen LogP contribution in [0.5, 0.6) is 0 Å². The molecule has 3 nitrogen and oxygen atoms in total. The average molecular weight is 284 g/mol. The van der Waals surface area contributed by atoms with Crippen LogP contribution in [0.4, 0.5) is 10.8 Å². The fraction of sp³-hybridized carbons (Fsp3) is 0.200. The second kappa shape index (κ2) is 4.28. The van der Waals surface area contributed by atoms with Crippen molar-refractivity contribution in [3.8, 4) is 0 Å². The van der Waals surface area contributed by atoms with Crippen molar-refractivity contribution in [2.24, 2.45) is 0 Å². The fourth-order valence-corrected chi connectivity index (χ4v) is 2.29. The molecule has 2 aromatic rings. The highest BCUT2D eigenvalue weighted by atomic mass is 79.9. The zero-order valence-corrected chi connectivity index (χ0v) is 10.8. The van der Waals surface area contributed by atoms with Gasteiger partial charge in [-0.1, -0.05) is 0 Å². The minimum Gasteiger partial charge on any atom is -0.330 e. The zero-order valence-electron chi connectivity index (χ0n) is 8.41. The van der Waals surface area contributed by atoms with Crippen molar-refractivity contribution in [3.05, 3.63) is 33.5 Å². The lowest BCUT2D eigenvalue weighted by molar-refractivity contribution is 1.22. The largest absolute Gasteiger partial charge is 0.330 e. The van der Waals surface area contributed by atoms with Crippen molar-refractivity contribution in [3.63, 3.8) is 0 Å². The molecule has 78 valence electrons. The van der Waals surface area contributed by atoms with Crippen LogP contribution >= 0.6 is 27.3 Å². The summed E-state index contributed by atoms with van der Waals surface area (Å²) in [5, 5.41) is 4.17. The summed E-state index contributed by atoms with van der Waals surface area (Å²) < 4.78 is 0.940. The predicted octanol–water partition coefficient (Wildman–Crippen LogP) is 3.66. The highest BCUT2D eigenvalue weighted by molar-refractivity contribution is 9.10. The molecule has 0 saturated heterocycles. The number of hydrogen-bond acceptors (Lipinski definition) is 4. The third-order valence-corrected chi connectivity index (χ3v) is 3.66. The first kappa shape index (κ1) is 10.6. The summed E-state index contributed by atoms with van der Waals surface area (Å²) in [7, 11) is 0. The standard InChI is InChI=1S/C10H10BrN3S/c1-6-7(2)15-10(13-6)14-9-3-4-12-5-8(9)11/h3-5H,1-2H3,(H,12,13,14). The van der Waals surface area contributed by atoms with Crippen LogP contribution in [0.15, 0.2) is 22.9 Å². The molecule has 0 atom stereocenters. The van der Waals surface area contributed by atoms with Crippen molar-refractivity contribution < 1.29 is 0 Å². The Morgan fingerprint density at radius 3 is 2.80 bits per heavy atom. The molecule has 5 heteroatoms. The molecule has 2 rings (SSSR count). The van der Waals surface area contributed by atoms with Crippen LogP contribution in [0.2, 0.25) is 0 Å². The van der Waals surface area contributed by atoms with E-state index >= 15 is 0 Å². The maximum absolute atomic E-state index is 4.41. The first-order valence-corrected chi connectivity index (χ1v) is 6.08. The number of pyridine rings is 1. The van der Waals surface area contributed by atoms with E-state index in [9.17, 15) is 0 Å². The van der Waals surface area contributed by atoms with Crippen LogP contribution in [0, 0.1) is 13.8 Å². The Morgan fingerprint density at radius 1 is 1.40 bits per heavy atom. The number of thiazole rings is 1. The maximum Gasteiger partial charge on any atom is 0.187 e. The summed E-state index contributed by atoms with van der Waals surface area (Å²) in [6, 6.07) is 1.91. The van der Waals surface area contributed by atoms with Gasteiger partial charge in [-0.2, -0.15) is 0 Å². The normalized spacial score (nSPS) is 10.3. The molecule has 0 aliphatic heterocycles. The number of rotatable bonds is 2. The van der Waals surface area contributed by atoms with Crippen molar-refractivity contribution in [1.82, 2.24) is 9.97 Å². The fourth-order valence-electron chi connectivity index (χ4n) is 1.12. The van der Waals surface area contributed by atoms with Crippen LogP contribution in [0.1, 0.15) is 10.6 Å². The minimum atomic E-state index is 0.914. The van der Waals surface area contributed by atoms with Gasteiger partial charge in [-0.3, -0.25) is 4.98 Å². The van der Waals surface area contributed by atoms with Gasteiger partial charge < -0.3 is 5.32 Å². The van der Waals surface area contributed by atoms with Gasteiger partial charge in [0.15, 0.2) is 5.13 Å². The van der Waals surface area contributed by atoms with E-state index < -0.39 is 0 Å². The summed E-state index contributed by atoms with van der Waals surface area (Å²) in [4.78, 5) is 9.66. The molecular formula is C10H10BrN3S. The van der Waals surface area contributed by atoms with Gasteiger partial charge in [-0.25, -0.2) is 4.98 Å². The molecule has 0 amide bonds. The summed E-state index contributed by atoms with van der Waals surface area (Å²) in [6.45, 7) is 4.08. The Balaban J connectivity index is 2.26. The third kappa shape index (κ3) is 2.35. The van der Waals surface area contributed by atoms with Gasteiger partial charge in [0.05, 0.1) is 15.9 Å². The van der Waals surface area contributed by atoms with Gasteiger partial charge in [0.25, 0.3) is 0 Å². The van der Waals surface area contributed by atoms with Crippen LogP contribution < -0.4 is 5.32 Å². The Bertz CT molecular complexity index is 462. The second-order valence-electron chi connectivity index (χ2n) is 3.14. The third-order valence-electron chi connectivity index (χ3n) is 2.04. The predicted molar refractivity (Wildman–Crippen MR) is 66.8 cm³/mol. The Labute approximate surface area is 101 Å². The Hall–Kier alpha value is -0.940. The van der Waals surface area contributed by atoms with E-state index in [0.29, 0.717) is 0 Å². The van der Waals surface area contributed by atoms with Gasteiger partial charge in [0.2, 0.25) is 0 Å². The smallest absolute Gasteiger partial charge is 0.187 e. The molecule has 1 N–H and O–H groups in total. The number of nitrogens with zero attached hydrogens (tertiary/aromatic N) is 2. The highest BCUT2D eigenvalue weighted by Crippen LogP contribution is 2.28. The summed E-state index contributed by atoms with van der Waals surface area (Å²) >= 11 is 5.09. The summed E-state index contributed by atoms with van der Waals surface area (Å²) in [5.74, 6) is 0. The number of aromatic nitrogens is 2. The van der Waals surface area contributed by atoms with Crippen molar-refractivity contribution in [1.29, 1.82) is 0 Å². The van der Waals surface area contributed by atoms with E-state index in [0.717, 1.165) is 21.0 Å². The molecule has 2 heterocycles. The molecule has 0 unspecified atom stereocenters. The van der Waals surface area contributed by atoms with E-state index in [4.69, 9.17) is 0 Å². The van der Waals surface area contributed by atoms with E-state index in [-0.39, 0.29) is 0 Å². The molecule has 0 spiro atoms. The van der Waals surface area contributed by atoms with Gasteiger partial charge in [-0.15, -0.1) is 11.3 Å². The average Bonchev–Trinajstić information content (AvgIpc) is 2.50. The number of nitrogens with one attached hydrogen (secondary N) is 1. The topological polar surface area (TPSA) is 37.8 Å². The molecule has 2 aromatic heterocycles. The van der Waals surface area contributed by atoms with Gasteiger partial charge in [0, 0.05) is 17.3 Å². The summed E-state index contributed by atoms with van der Waals surface area (Å²) in [5.41, 5.74) is 2.06. The van der Waals surface area contributed by atoms with Crippen molar-refractivity contribution >= 4 is 38.1 Å². The van der Waals surface area contributed by atoms with Crippen LogP contribution in [0.3, 0.4) is 0 Å². The van der Waals surface area contributed by atoms with E-state index in [1.165, 1.54) is 4.88 Å². The van der Waals surface area contributed by atoms with E-state index in [1.807, 2.05) is 13.0 Å². The van der Waals surface area contributed by atoms with Crippen LogP contribution in [0.25, 0.3) is 0 Å². The lowest BCUT2D eigenvalue weighted by Gasteiger charge is -2.03. The Kier molecular flexibility index (Phi) is 3.02. The molecule has 0 aromatic carbocycles. The highest BCUT2D eigenvalue weighted by Gasteiger charge is 2.05. The second-order valence-corrected chi connectivity index (χ2v) is 5.20. The van der Waals surface area contributed by atoms with E-state index in [2.05, 4.69) is 38.1 Å². The van der Waals surface area contributed by atoms with E-state index in [1.54, 1.807) is 23.7 Å². The molecule has 0 saturated carbocycles. The molecule has 0 aliphatic carbocycles. The van der Waals surface area contributed by atoms with Crippen LogP contribution in [-0.4, -0.2) is 9.97 Å². The monoisotopic (exact) mass is 283 g/mol. The van der Waals surface area contributed by atoms with Gasteiger partial charge in [-0.05, 0) is 35.8 Å². The zero-order chi connectivity index (χ0) is 10.8.